The van der Waals surface area contributed by atoms with Crippen molar-refractivity contribution in [2.45, 2.75) is 32.4 Å². The van der Waals surface area contributed by atoms with E-state index in [4.69, 9.17) is 9.47 Å². The Hall–Kier alpha value is -1.06. The van der Waals surface area contributed by atoms with Gasteiger partial charge >= 0.3 is 0 Å². The van der Waals surface area contributed by atoms with Crippen LogP contribution < -0.4 is 10.1 Å². The molecule has 1 aromatic carbocycles. The van der Waals surface area contributed by atoms with E-state index in [1.54, 1.807) is 7.11 Å². The van der Waals surface area contributed by atoms with Crippen molar-refractivity contribution in [3.8, 4) is 5.75 Å². The van der Waals surface area contributed by atoms with Crippen molar-refractivity contribution in [1.82, 2.24) is 5.32 Å². The lowest BCUT2D eigenvalue weighted by Crippen LogP contribution is -2.61. The van der Waals surface area contributed by atoms with Gasteiger partial charge in [-0.1, -0.05) is 32.0 Å². The number of rotatable bonds is 6. The number of benzene rings is 1. The molecule has 1 aromatic rings. The van der Waals surface area contributed by atoms with Crippen molar-refractivity contribution < 1.29 is 9.47 Å². The van der Waals surface area contributed by atoms with Gasteiger partial charge in [0, 0.05) is 25.1 Å². The summed E-state index contributed by atoms with van der Waals surface area (Å²) in [5.41, 5.74) is 0.224. The Bertz CT molecular complexity index is 364. The van der Waals surface area contributed by atoms with E-state index in [1.165, 1.54) is 0 Å². The predicted octanol–water partition coefficient (Wildman–Crippen LogP) is 2.47. The summed E-state index contributed by atoms with van der Waals surface area (Å²) in [7, 11) is 1.79. The fourth-order valence-corrected chi connectivity index (χ4v) is 2.55. The van der Waals surface area contributed by atoms with Crippen LogP contribution in [0.1, 0.15) is 20.3 Å². The topological polar surface area (TPSA) is 30.5 Å². The molecule has 1 fully saturated rings. The summed E-state index contributed by atoms with van der Waals surface area (Å²) in [6.45, 7) is 6.08. The molecule has 100 valence electrons. The van der Waals surface area contributed by atoms with Gasteiger partial charge < -0.3 is 14.8 Å². The molecule has 0 bridgehead atoms. The quantitative estimate of drug-likeness (QED) is 0.786. The minimum Gasteiger partial charge on any atom is -0.492 e. The monoisotopic (exact) mass is 249 g/mol. The van der Waals surface area contributed by atoms with Crippen molar-refractivity contribution in [3.05, 3.63) is 30.3 Å². The van der Waals surface area contributed by atoms with E-state index in [9.17, 15) is 0 Å². The molecule has 2 atom stereocenters. The largest absolute Gasteiger partial charge is 0.492 e. The van der Waals surface area contributed by atoms with Gasteiger partial charge in [0.25, 0.3) is 0 Å². The summed E-state index contributed by atoms with van der Waals surface area (Å²) in [4.78, 5) is 0. The molecule has 0 aliphatic heterocycles. The summed E-state index contributed by atoms with van der Waals surface area (Å²) in [6, 6.07) is 10.5. The second-order valence-corrected chi connectivity index (χ2v) is 5.45. The summed E-state index contributed by atoms with van der Waals surface area (Å²) in [6.07, 6.45) is 1.47. The van der Waals surface area contributed by atoms with Crippen LogP contribution in [0.3, 0.4) is 0 Å². The summed E-state index contributed by atoms with van der Waals surface area (Å²) >= 11 is 0. The molecule has 0 radical (unpaired) electrons. The predicted molar refractivity (Wildman–Crippen MR) is 72.9 cm³/mol. The van der Waals surface area contributed by atoms with Gasteiger partial charge in [-0.2, -0.15) is 0 Å². The maximum atomic E-state index is 5.65. The van der Waals surface area contributed by atoms with Crippen molar-refractivity contribution in [2.24, 2.45) is 5.41 Å². The van der Waals surface area contributed by atoms with E-state index in [0.717, 1.165) is 18.7 Å². The molecular weight excluding hydrogens is 226 g/mol. The molecule has 3 heteroatoms. The number of hydrogen-bond acceptors (Lipinski definition) is 3. The average molecular weight is 249 g/mol. The maximum absolute atomic E-state index is 5.65. The minimum atomic E-state index is 0.224. The fourth-order valence-electron chi connectivity index (χ4n) is 2.55. The molecule has 0 aromatic heterocycles. The van der Waals surface area contributed by atoms with Crippen LogP contribution in [0.15, 0.2) is 30.3 Å². The highest BCUT2D eigenvalue weighted by Crippen LogP contribution is 2.42. The molecule has 1 N–H and O–H groups in total. The zero-order chi connectivity index (χ0) is 13.0. The second-order valence-electron chi connectivity index (χ2n) is 5.45. The van der Waals surface area contributed by atoms with Gasteiger partial charge in [-0.05, 0) is 18.6 Å². The Morgan fingerprint density at radius 3 is 2.61 bits per heavy atom. The first-order valence-corrected chi connectivity index (χ1v) is 6.58. The van der Waals surface area contributed by atoms with Crippen LogP contribution in [0.5, 0.6) is 5.75 Å². The number of para-hydroxylation sites is 1. The third-order valence-electron chi connectivity index (χ3n) is 3.97. The van der Waals surface area contributed by atoms with Crippen molar-refractivity contribution in [3.63, 3.8) is 0 Å². The number of ether oxygens (including phenoxy) is 2. The Balaban J connectivity index is 1.65. The number of nitrogens with one attached hydrogen (secondary N) is 1. The third-order valence-corrected chi connectivity index (χ3v) is 3.97. The van der Waals surface area contributed by atoms with Crippen molar-refractivity contribution in [2.75, 3.05) is 20.3 Å². The molecule has 1 saturated carbocycles. The minimum absolute atomic E-state index is 0.224. The van der Waals surface area contributed by atoms with E-state index in [2.05, 4.69) is 19.2 Å². The second kappa shape index (κ2) is 5.72. The molecule has 3 nitrogen and oxygen atoms in total. The van der Waals surface area contributed by atoms with E-state index in [-0.39, 0.29) is 5.41 Å². The zero-order valence-electron chi connectivity index (χ0n) is 11.5. The first-order valence-electron chi connectivity index (χ1n) is 6.58. The van der Waals surface area contributed by atoms with Crippen LogP contribution in [0.2, 0.25) is 0 Å². The third kappa shape index (κ3) is 2.85. The maximum Gasteiger partial charge on any atom is 0.119 e. The molecule has 0 spiro atoms. The number of methoxy groups -OCH3 is 1. The highest BCUT2D eigenvalue weighted by atomic mass is 16.5. The fraction of sp³-hybridized carbons (Fsp3) is 0.600. The van der Waals surface area contributed by atoms with Gasteiger partial charge in [-0.25, -0.2) is 0 Å². The van der Waals surface area contributed by atoms with Crippen LogP contribution >= 0.6 is 0 Å². The molecule has 1 aliphatic carbocycles. The molecule has 1 aliphatic rings. The molecule has 2 unspecified atom stereocenters. The van der Waals surface area contributed by atoms with Crippen LogP contribution in [-0.4, -0.2) is 32.4 Å². The summed E-state index contributed by atoms with van der Waals surface area (Å²) in [5, 5.41) is 3.54. The van der Waals surface area contributed by atoms with E-state index in [1.807, 2.05) is 30.3 Å². The SMILES string of the molecule is COC1CC(NCCOc2ccccc2)C1(C)C. The molecule has 0 heterocycles. The smallest absolute Gasteiger partial charge is 0.119 e. The molecular formula is C15H23NO2. The lowest BCUT2D eigenvalue weighted by Gasteiger charge is -2.51. The summed E-state index contributed by atoms with van der Waals surface area (Å²) < 4.78 is 11.1. The van der Waals surface area contributed by atoms with Gasteiger partial charge in [-0.3, -0.25) is 0 Å². The van der Waals surface area contributed by atoms with Crippen molar-refractivity contribution in [1.29, 1.82) is 0 Å². The van der Waals surface area contributed by atoms with Crippen LogP contribution in [0.25, 0.3) is 0 Å². The highest BCUT2D eigenvalue weighted by molar-refractivity contribution is 5.20. The lowest BCUT2D eigenvalue weighted by molar-refractivity contribution is -0.0976. The van der Waals surface area contributed by atoms with Crippen LogP contribution in [0, 0.1) is 5.41 Å². The van der Waals surface area contributed by atoms with Gasteiger partial charge in [0.1, 0.15) is 12.4 Å². The first kappa shape index (κ1) is 13.4. The molecule has 18 heavy (non-hydrogen) atoms. The Labute approximate surface area is 109 Å². The lowest BCUT2D eigenvalue weighted by atomic mass is 9.64. The Morgan fingerprint density at radius 2 is 2.00 bits per heavy atom. The normalized spacial score (nSPS) is 25.5. The van der Waals surface area contributed by atoms with E-state index in [0.29, 0.717) is 18.8 Å². The van der Waals surface area contributed by atoms with Gasteiger partial charge in [0.15, 0.2) is 0 Å². The van der Waals surface area contributed by atoms with E-state index >= 15 is 0 Å². The molecule has 2 rings (SSSR count). The average Bonchev–Trinajstić information content (AvgIpc) is 2.38. The van der Waals surface area contributed by atoms with Crippen molar-refractivity contribution >= 4 is 0 Å². The van der Waals surface area contributed by atoms with Gasteiger partial charge in [0.05, 0.1) is 6.10 Å². The standard InChI is InChI=1S/C15H23NO2/c1-15(2)13(11-14(15)17-3)16-9-10-18-12-7-5-4-6-8-12/h4-8,13-14,16H,9-11H2,1-3H3. The first-order chi connectivity index (χ1) is 8.64. The zero-order valence-corrected chi connectivity index (χ0v) is 11.5. The Morgan fingerprint density at radius 1 is 1.28 bits per heavy atom. The molecule has 0 saturated heterocycles. The molecule has 0 amide bonds. The van der Waals surface area contributed by atoms with Crippen LogP contribution in [-0.2, 0) is 4.74 Å². The Kier molecular flexibility index (Phi) is 4.25. The highest BCUT2D eigenvalue weighted by Gasteiger charge is 2.47. The van der Waals surface area contributed by atoms with Gasteiger partial charge in [0.2, 0.25) is 0 Å². The summed E-state index contributed by atoms with van der Waals surface area (Å²) in [5.74, 6) is 0.932. The van der Waals surface area contributed by atoms with Crippen LogP contribution in [0.4, 0.5) is 0 Å². The van der Waals surface area contributed by atoms with Gasteiger partial charge in [-0.15, -0.1) is 0 Å². The number of hydrogen-bond donors (Lipinski definition) is 1. The van der Waals surface area contributed by atoms with E-state index < -0.39 is 0 Å².